The lowest BCUT2D eigenvalue weighted by atomic mass is 9.94. The van der Waals surface area contributed by atoms with Crippen LogP contribution in [0, 0.1) is 0 Å². The summed E-state index contributed by atoms with van der Waals surface area (Å²) >= 11 is 0. The van der Waals surface area contributed by atoms with Crippen molar-refractivity contribution >= 4 is 30.2 Å². The minimum Gasteiger partial charge on any atom is -0.390 e. The Hall–Kier alpha value is -1.62. The zero-order valence-corrected chi connectivity index (χ0v) is 10.9. The summed E-state index contributed by atoms with van der Waals surface area (Å²) in [7, 11) is 5.89. The number of nitrogens with one attached hydrogen (secondary N) is 1. The van der Waals surface area contributed by atoms with Crippen molar-refractivity contribution in [3.8, 4) is 0 Å². The Bertz CT molecular complexity index is 578. The van der Waals surface area contributed by atoms with Crippen LogP contribution in [0.15, 0.2) is 18.2 Å². The van der Waals surface area contributed by atoms with Crippen LogP contribution in [-0.4, -0.2) is 28.5 Å². The number of hydrogen-bond donors (Lipinski definition) is 2. The van der Waals surface area contributed by atoms with Crippen LogP contribution < -0.4 is 10.8 Å². The molecule has 0 bridgehead atoms. The fourth-order valence-corrected chi connectivity index (χ4v) is 1.70. The number of para-hydroxylation sites is 1. The maximum atomic E-state index is 9.37. The molecule has 5 heteroatoms. The molecule has 2 rings (SSSR count). The van der Waals surface area contributed by atoms with Crippen molar-refractivity contribution in [2.75, 3.05) is 5.32 Å². The van der Waals surface area contributed by atoms with Gasteiger partial charge in [0.05, 0.1) is 17.6 Å². The second-order valence-electron chi connectivity index (χ2n) is 5.27. The van der Waals surface area contributed by atoms with Crippen LogP contribution in [0.25, 0.3) is 11.0 Å². The third kappa shape index (κ3) is 2.62. The Labute approximate surface area is 108 Å². The van der Waals surface area contributed by atoms with Crippen molar-refractivity contribution < 1.29 is 5.11 Å². The molecule has 0 atom stereocenters. The molecule has 0 spiro atoms. The first kappa shape index (κ1) is 12.8. The van der Waals surface area contributed by atoms with E-state index in [-0.39, 0.29) is 12.1 Å². The molecular formula is C13H16BN3O. The van der Waals surface area contributed by atoms with Gasteiger partial charge >= 0.3 is 0 Å². The van der Waals surface area contributed by atoms with Gasteiger partial charge in [0.2, 0.25) is 0 Å². The number of rotatable bonds is 2. The minimum atomic E-state index is -0.157. The molecule has 92 valence electrons. The van der Waals surface area contributed by atoms with E-state index in [9.17, 15) is 5.11 Å². The van der Waals surface area contributed by atoms with Gasteiger partial charge in [-0.15, -0.1) is 0 Å². The number of nitrogens with zero attached hydrogens (tertiary/aromatic N) is 2. The van der Waals surface area contributed by atoms with Gasteiger partial charge < -0.3 is 10.4 Å². The highest BCUT2D eigenvalue weighted by Gasteiger charge is 2.15. The molecule has 0 aliphatic carbocycles. The van der Waals surface area contributed by atoms with Crippen molar-refractivity contribution in [1.29, 1.82) is 0 Å². The Morgan fingerprint density at radius 1 is 1.28 bits per heavy atom. The Morgan fingerprint density at radius 3 is 2.61 bits per heavy atom. The molecule has 18 heavy (non-hydrogen) atoms. The van der Waals surface area contributed by atoms with Crippen LogP contribution in [0.4, 0.5) is 5.82 Å². The van der Waals surface area contributed by atoms with Crippen molar-refractivity contribution in [2.45, 2.75) is 32.9 Å². The van der Waals surface area contributed by atoms with Crippen LogP contribution in [0.5, 0.6) is 0 Å². The van der Waals surface area contributed by atoms with E-state index >= 15 is 0 Å². The summed E-state index contributed by atoms with van der Waals surface area (Å²) in [6.07, 6.45) is 0. The van der Waals surface area contributed by atoms with Crippen LogP contribution >= 0.6 is 0 Å². The van der Waals surface area contributed by atoms with Gasteiger partial charge in [-0.25, -0.2) is 9.97 Å². The molecule has 2 aromatic rings. The number of aromatic nitrogens is 2. The van der Waals surface area contributed by atoms with Gasteiger partial charge in [0, 0.05) is 5.54 Å². The largest absolute Gasteiger partial charge is 0.390 e. The van der Waals surface area contributed by atoms with Gasteiger partial charge in [-0.3, -0.25) is 0 Å². The van der Waals surface area contributed by atoms with Crippen molar-refractivity contribution in [2.24, 2.45) is 0 Å². The molecular weight excluding hydrogens is 225 g/mol. The van der Waals surface area contributed by atoms with Crippen LogP contribution in [-0.2, 0) is 6.61 Å². The van der Waals surface area contributed by atoms with Gasteiger partial charge in [-0.2, -0.15) is 0 Å². The maximum absolute atomic E-state index is 9.37. The standard InChI is InChI=1S/C13H16BN3O/c1-13(2,3)17-12-10(7-18)15-9-6-4-5-8(14)11(9)16-12/h4-6,18H,7H2,1-3H3,(H,16,17). The summed E-state index contributed by atoms with van der Waals surface area (Å²) in [5.41, 5.74) is 2.31. The second kappa shape index (κ2) is 4.57. The molecule has 0 fully saturated rings. The molecule has 0 aliphatic heterocycles. The number of aliphatic hydroxyl groups is 1. The van der Waals surface area contributed by atoms with Crippen LogP contribution in [0.2, 0.25) is 0 Å². The fourth-order valence-electron chi connectivity index (χ4n) is 1.70. The Kier molecular flexibility index (Phi) is 3.26. The molecule has 1 aromatic carbocycles. The van der Waals surface area contributed by atoms with E-state index in [4.69, 9.17) is 7.85 Å². The number of aliphatic hydroxyl groups excluding tert-OH is 1. The van der Waals surface area contributed by atoms with Gasteiger partial charge in [-0.05, 0) is 26.8 Å². The van der Waals surface area contributed by atoms with Crippen molar-refractivity contribution in [1.82, 2.24) is 9.97 Å². The normalized spacial score (nSPS) is 11.8. The van der Waals surface area contributed by atoms with E-state index in [0.29, 0.717) is 28.0 Å². The van der Waals surface area contributed by atoms with Gasteiger partial charge in [0.15, 0.2) is 5.82 Å². The number of hydrogen-bond acceptors (Lipinski definition) is 4. The smallest absolute Gasteiger partial charge is 0.151 e. The van der Waals surface area contributed by atoms with E-state index in [0.717, 1.165) is 0 Å². The van der Waals surface area contributed by atoms with Crippen molar-refractivity contribution in [3.05, 3.63) is 23.9 Å². The summed E-state index contributed by atoms with van der Waals surface area (Å²) in [5, 5.41) is 12.6. The highest BCUT2D eigenvalue weighted by molar-refractivity contribution is 6.38. The summed E-state index contributed by atoms with van der Waals surface area (Å²) in [4.78, 5) is 8.86. The molecule has 0 amide bonds. The highest BCUT2D eigenvalue weighted by Crippen LogP contribution is 2.19. The first-order chi connectivity index (χ1) is 8.40. The lowest BCUT2D eigenvalue weighted by Crippen LogP contribution is -2.28. The average molecular weight is 241 g/mol. The number of anilines is 1. The van der Waals surface area contributed by atoms with Crippen LogP contribution in [0.3, 0.4) is 0 Å². The summed E-state index contributed by atoms with van der Waals surface area (Å²) in [5.74, 6) is 0.579. The van der Waals surface area contributed by atoms with E-state index in [1.54, 1.807) is 6.07 Å². The summed E-state index contributed by atoms with van der Waals surface area (Å²) in [6, 6.07) is 5.44. The third-order valence-corrected chi connectivity index (χ3v) is 2.44. The van der Waals surface area contributed by atoms with E-state index < -0.39 is 0 Å². The molecule has 4 nitrogen and oxygen atoms in total. The SMILES string of the molecule is [B]c1cccc2nc(CO)c(NC(C)(C)C)nc12. The maximum Gasteiger partial charge on any atom is 0.151 e. The average Bonchev–Trinajstić information content (AvgIpc) is 2.27. The zero-order chi connectivity index (χ0) is 13.3. The van der Waals surface area contributed by atoms with E-state index in [1.807, 2.05) is 32.9 Å². The summed E-state index contributed by atoms with van der Waals surface area (Å²) in [6.45, 7) is 5.91. The first-order valence-corrected chi connectivity index (χ1v) is 5.85. The molecule has 0 aliphatic rings. The predicted octanol–water partition coefficient (Wildman–Crippen LogP) is 1.13. The lowest BCUT2D eigenvalue weighted by Gasteiger charge is -2.23. The highest BCUT2D eigenvalue weighted by atomic mass is 16.3. The van der Waals surface area contributed by atoms with Gasteiger partial charge in [-0.1, -0.05) is 17.6 Å². The molecule has 0 saturated heterocycles. The van der Waals surface area contributed by atoms with Crippen LogP contribution in [0.1, 0.15) is 26.5 Å². The van der Waals surface area contributed by atoms with E-state index in [2.05, 4.69) is 15.3 Å². The minimum absolute atomic E-state index is 0.157. The lowest BCUT2D eigenvalue weighted by molar-refractivity contribution is 0.277. The number of benzene rings is 1. The van der Waals surface area contributed by atoms with Gasteiger partial charge in [0.1, 0.15) is 13.5 Å². The molecule has 0 saturated carbocycles. The fraction of sp³-hybridized carbons (Fsp3) is 0.385. The monoisotopic (exact) mass is 241 g/mol. The summed E-state index contributed by atoms with van der Waals surface area (Å²) < 4.78 is 0. The zero-order valence-electron chi connectivity index (χ0n) is 10.9. The second-order valence-corrected chi connectivity index (χ2v) is 5.27. The Morgan fingerprint density at radius 2 is 2.00 bits per heavy atom. The predicted molar refractivity (Wildman–Crippen MR) is 74.2 cm³/mol. The first-order valence-electron chi connectivity index (χ1n) is 5.85. The van der Waals surface area contributed by atoms with Crippen molar-refractivity contribution in [3.63, 3.8) is 0 Å². The van der Waals surface area contributed by atoms with Gasteiger partial charge in [0.25, 0.3) is 0 Å². The third-order valence-electron chi connectivity index (χ3n) is 2.44. The molecule has 2 radical (unpaired) electrons. The van der Waals surface area contributed by atoms with E-state index in [1.165, 1.54) is 0 Å². The molecule has 0 unspecified atom stereocenters. The molecule has 2 N–H and O–H groups in total. The number of fused-ring (bicyclic) bond motifs is 1. The molecule has 1 aromatic heterocycles. The topological polar surface area (TPSA) is 58.0 Å². The molecule has 1 heterocycles. The quantitative estimate of drug-likeness (QED) is 0.774. The Balaban J connectivity index is 2.60.